The van der Waals surface area contributed by atoms with Crippen molar-refractivity contribution < 1.29 is 4.74 Å². The number of halogens is 1. The molecular weight excluding hydrogens is 386 g/mol. The van der Waals surface area contributed by atoms with Crippen molar-refractivity contribution in [1.29, 1.82) is 0 Å². The van der Waals surface area contributed by atoms with Gasteiger partial charge in [0.05, 0.1) is 12.3 Å². The van der Waals surface area contributed by atoms with E-state index in [0.29, 0.717) is 0 Å². The summed E-state index contributed by atoms with van der Waals surface area (Å²) in [7, 11) is 0. The Morgan fingerprint density at radius 3 is 2.38 bits per heavy atom. The molecular formula is C23H22BrNO. The number of nitrogens with zero attached hydrogens (tertiary/aromatic N) is 1. The molecule has 0 unspecified atom stereocenters. The van der Waals surface area contributed by atoms with Gasteiger partial charge in [-0.3, -0.25) is 4.99 Å². The van der Waals surface area contributed by atoms with E-state index in [-0.39, 0.29) is 0 Å². The molecule has 0 saturated carbocycles. The number of unbranched alkanes of at least 4 members (excludes halogenated alkanes) is 1. The Bertz CT molecular complexity index is 857. The second kappa shape index (κ2) is 9.35. The summed E-state index contributed by atoms with van der Waals surface area (Å²) >= 11 is 3.51. The Hall–Kier alpha value is -2.39. The van der Waals surface area contributed by atoms with E-state index in [1.54, 1.807) is 0 Å². The summed E-state index contributed by atoms with van der Waals surface area (Å²) in [5.41, 5.74) is 4.31. The van der Waals surface area contributed by atoms with Crippen LogP contribution in [0.4, 0.5) is 5.69 Å². The quantitative estimate of drug-likeness (QED) is 0.303. The first-order valence-electron chi connectivity index (χ1n) is 8.88. The van der Waals surface area contributed by atoms with Crippen LogP contribution in [0, 0.1) is 0 Å². The van der Waals surface area contributed by atoms with Crippen molar-refractivity contribution >= 4 is 27.8 Å². The fourth-order valence-corrected chi connectivity index (χ4v) is 2.92. The molecule has 0 saturated heterocycles. The summed E-state index contributed by atoms with van der Waals surface area (Å²) in [5.74, 6) is 0.859. The summed E-state index contributed by atoms with van der Waals surface area (Å²) in [4.78, 5) is 4.61. The van der Waals surface area contributed by atoms with Gasteiger partial charge in [0.2, 0.25) is 0 Å². The molecule has 0 N–H and O–H groups in total. The predicted octanol–water partition coefficient (Wildman–Crippen LogP) is 7.05. The van der Waals surface area contributed by atoms with Crippen LogP contribution < -0.4 is 4.74 Å². The highest BCUT2D eigenvalue weighted by Crippen LogP contribution is 2.25. The van der Waals surface area contributed by atoms with Crippen LogP contribution in [0.15, 0.2) is 82.3 Å². The molecule has 3 aromatic carbocycles. The van der Waals surface area contributed by atoms with E-state index in [4.69, 9.17) is 4.74 Å². The lowest BCUT2D eigenvalue weighted by Crippen LogP contribution is -1.99. The van der Waals surface area contributed by atoms with Gasteiger partial charge in [-0.05, 0) is 47.9 Å². The van der Waals surface area contributed by atoms with Crippen LogP contribution >= 0.6 is 15.9 Å². The fraction of sp³-hybridized carbons (Fsp3) is 0.174. The van der Waals surface area contributed by atoms with E-state index < -0.39 is 0 Å². The highest BCUT2D eigenvalue weighted by atomic mass is 79.9. The van der Waals surface area contributed by atoms with Crippen molar-refractivity contribution in [2.45, 2.75) is 19.8 Å². The normalized spacial score (nSPS) is 11.0. The van der Waals surface area contributed by atoms with Crippen LogP contribution in [0.2, 0.25) is 0 Å². The predicted molar refractivity (Wildman–Crippen MR) is 114 cm³/mol. The van der Waals surface area contributed by atoms with Gasteiger partial charge in [-0.15, -0.1) is 0 Å². The van der Waals surface area contributed by atoms with Gasteiger partial charge in [0.15, 0.2) is 0 Å². The van der Waals surface area contributed by atoms with Gasteiger partial charge < -0.3 is 4.74 Å². The Morgan fingerprint density at radius 2 is 1.65 bits per heavy atom. The zero-order valence-electron chi connectivity index (χ0n) is 14.9. The Morgan fingerprint density at radius 1 is 0.923 bits per heavy atom. The first-order chi connectivity index (χ1) is 12.8. The minimum absolute atomic E-state index is 0.722. The maximum atomic E-state index is 5.90. The first kappa shape index (κ1) is 18.4. The highest BCUT2D eigenvalue weighted by molar-refractivity contribution is 9.10. The Labute approximate surface area is 163 Å². The number of hydrogen-bond acceptors (Lipinski definition) is 2. The van der Waals surface area contributed by atoms with E-state index in [9.17, 15) is 0 Å². The molecule has 0 heterocycles. The second-order valence-corrected chi connectivity index (χ2v) is 6.97. The third-order valence-electron chi connectivity index (χ3n) is 4.06. The molecule has 0 fully saturated rings. The van der Waals surface area contributed by atoms with Crippen molar-refractivity contribution in [3.63, 3.8) is 0 Å². The van der Waals surface area contributed by atoms with Crippen LogP contribution in [-0.4, -0.2) is 12.8 Å². The van der Waals surface area contributed by atoms with E-state index in [2.05, 4.69) is 64.2 Å². The molecule has 3 rings (SSSR count). The van der Waals surface area contributed by atoms with Gasteiger partial charge >= 0.3 is 0 Å². The van der Waals surface area contributed by atoms with Gasteiger partial charge in [-0.2, -0.15) is 0 Å². The van der Waals surface area contributed by atoms with Crippen molar-refractivity contribution in [2.24, 2.45) is 4.99 Å². The second-order valence-electron chi connectivity index (χ2n) is 6.06. The van der Waals surface area contributed by atoms with Crippen LogP contribution in [0.5, 0.6) is 5.75 Å². The highest BCUT2D eigenvalue weighted by Gasteiger charge is 2.03. The SMILES string of the molecule is CCCCOc1cc(Br)ccc1/C=N/c1ccc(-c2ccccc2)cc1. The minimum Gasteiger partial charge on any atom is -0.493 e. The third kappa shape index (κ3) is 5.06. The van der Waals surface area contributed by atoms with E-state index >= 15 is 0 Å². The first-order valence-corrected chi connectivity index (χ1v) is 9.67. The summed E-state index contributed by atoms with van der Waals surface area (Å²) in [6.07, 6.45) is 4.03. The number of hydrogen-bond donors (Lipinski definition) is 0. The van der Waals surface area contributed by atoms with Gasteiger partial charge in [-0.1, -0.05) is 71.7 Å². The van der Waals surface area contributed by atoms with Crippen molar-refractivity contribution in [2.75, 3.05) is 6.61 Å². The average molecular weight is 408 g/mol. The fourth-order valence-electron chi connectivity index (χ4n) is 2.58. The lowest BCUT2D eigenvalue weighted by molar-refractivity contribution is 0.309. The molecule has 2 nitrogen and oxygen atoms in total. The third-order valence-corrected chi connectivity index (χ3v) is 4.55. The van der Waals surface area contributed by atoms with Crippen LogP contribution in [0.1, 0.15) is 25.3 Å². The lowest BCUT2D eigenvalue weighted by atomic mass is 10.1. The van der Waals surface area contributed by atoms with E-state index in [0.717, 1.165) is 40.9 Å². The molecule has 3 aromatic rings. The van der Waals surface area contributed by atoms with Gasteiger partial charge in [0.25, 0.3) is 0 Å². The molecule has 0 amide bonds. The van der Waals surface area contributed by atoms with Crippen LogP contribution in [0.3, 0.4) is 0 Å². The number of aliphatic imine (C=N–C) groups is 1. The molecule has 0 aromatic heterocycles. The zero-order chi connectivity index (χ0) is 18.2. The molecule has 0 aliphatic rings. The van der Waals surface area contributed by atoms with E-state index in [1.165, 1.54) is 11.1 Å². The molecule has 3 heteroatoms. The van der Waals surface area contributed by atoms with Gasteiger partial charge in [-0.25, -0.2) is 0 Å². The summed E-state index contributed by atoms with van der Waals surface area (Å²) in [6.45, 7) is 2.88. The molecule has 0 radical (unpaired) electrons. The molecule has 0 aliphatic heterocycles. The lowest BCUT2D eigenvalue weighted by Gasteiger charge is -2.09. The topological polar surface area (TPSA) is 21.6 Å². The molecule has 132 valence electrons. The van der Waals surface area contributed by atoms with Crippen LogP contribution in [0.25, 0.3) is 11.1 Å². The smallest absolute Gasteiger partial charge is 0.129 e. The van der Waals surface area contributed by atoms with Gasteiger partial charge in [0, 0.05) is 16.3 Å². The van der Waals surface area contributed by atoms with Crippen molar-refractivity contribution in [3.05, 3.63) is 82.8 Å². The molecule has 0 bridgehead atoms. The standard InChI is InChI=1S/C23H22BrNO/c1-2-3-15-26-23-16-21(24)12-9-20(23)17-25-22-13-10-19(11-14-22)18-7-5-4-6-8-18/h4-14,16-17H,2-3,15H2,1H3/b25-17+. The van der Waals surface area contributed by atoms with Gasteiger partial charge in [0.1, 0.15) is 5.75 Å². The molecule has 0 atom stereocenters. The molecule has 0 aliphatic carbocycles. The maximum Gasteiger partial charge on any atom is 0.129 e. The summed E-state index contributed by atoms with van der Waals surface area (Å²) < 4.78 is 6.91. The average Bonchev–Trinajstić information content (AvgIpc) is 2.69. The Balaban J connectivity index is 1.75. The number of rotatable bonds is 7. The zero-order valence-corrected chi connectivity index (χ0v) is 16.4. The summed E-state index contributed by atoms with van der Waals surface area (Å²) in [5, 5.41) is 0. The molecule has 26 heavy (non-hydrogen) atoms. The minimum atomic E-state index is 0.722. The number of benzene rings is 3. The molecule has 0 spiro atoms. The van der Waals surface area contributed by atoms with Crippen LogP contribution in [-0.2, 0) is 0 Å². The Kier molecular flexibility index (Phi) is 6.62. The van der Waals surface area contributed by atoms with Crippen molar-refractivity contribution in [3.8, 4) is 16.9 Å². The van der Waals surface area contributed by atoms with Crippen molar-refractivity contribution in [1.82, 2.24) is 0 Å². The largest absolute Gasteiger partial charge is 0.493 e. The maximum absolute atomic E-state index is 5.90. The number of ether oxygens (including phenoxy) is 1. The summed E-state index contributed by atoms with van der Waals surface area (Å²) in [6, 6.07) is 24.6. The van der Waals surface area contributed by atoms with E-state index in [1.807, 2.05) is 42.6 Å². The monoisotopic (exact) mass is 407 g/mol.